The fraction of sp³-hybridized carbons (Fsp3) is 0.480. The van der Waals surface area contributed by atoms with Gasteiger partial charge in [-0.2, -0.15) is 0 Å². The third kappa shape index (κ3) is 4.32. The molecule has 2 fully saturated rings. The predicted octanol–water partition coefficient (Wildman–Crippen LogP) is 4.71. The number of nitrogens with zero attached hydrogens (tertiary/aromatic N) is 1. The lowest BCUT2D eigenvalue weighted by Crippen LogP contribution is -2.49. The second-order valence-electron chi connectivity index (χ2n) is 8.32. The first kappa shape index (κ1) is 20.0. The van der Waals surface area contributed by atoms with Crippen molar-refractivity contribution in [2.24, 2.45) is 5.41 Å². The Kier molecular flexibility index (Phi) is 6.19. The molecule has 0 saturated carbocycles. The number of ether oxygens (including phenoxy) is 2. The van der Waals surface area contributed by atoms with Crippen LogP contribution in [0.2, 0.25) is 0 Å². The van der Waals surface area contributed by atoms with E-state index in [0.29, 0.717) is 19.1 Å². The van der Waals surface area contributed by atoms with Gasteiger partial charge >= 0.3 is 0 Å². The molecule has 0 radical (unpaired) electrons. The minimum Gasteiger partial charge on any atom is -0.496 e. The van der Waals surface area contributed by atoms with E-state index in [-0.39, 0.29) is 5.41 Å². The molecule has 2 aromatic carbocycles. The van der Waals surface area contributed by atoms with Crippen LogP contribution >= 0.6 is 0 Å². The topological polar surface area (TPSA) is 38.8 Å². The molecule has 0 spiro atoms. The normalized spacial score (nSPS) is 19.0. The number of methoxy groups -OCH3 is 1. The van der Waals surface area contributed by atoms with Gasteiger partial charge in [-0.15, -0.1) is 0 Å². The second kappa shape index (κ2) is 9.00. The van der Waals surface area contributed by atoms with E-state index in [1.54, 1.807) is 7.11 Å². The Morgan fingerprint density at radius 1 is 1.00 bits per heavy atom. The smallest absolute Gasteiger partial charge is 0.229 e. The van der Waals surface area contributed by atoms with Crippen LogP contribution in [0.3, 0.4) is 0 Å². The van der Waals surface area contributed by atoms with Crippen molar-refractivity contribution in [3.8, 4) is 16.9 Å². The number of hydrogen-bond acceptors (Lipinski definition) is 3. The monoisotopic (exact) mass is 393 g/mol. The van der Waals surface area contributed by atoms with Gasteiger partial charge in [0.15, 0.2) is 0 Å². The fourth-order valence-electron chi connectivity index (χ4n) is 4.74. The summed E-state index contributed by atoms with van der Waals surface area (Å²) in [4.78, 5) is 15.6. The van der Waals surface area contributed by atoms with E-state index in [4.69, 9.17) is 9.47 Å². The van der Waals surface area contributed by atoms with Gasteiger partial charge in [0.1, 0.15) is 5.75 Å². The zero-order valence-corrected chi connectivity index (χ0v) is 17.4. The van der Waals surface area contributed by atoms with Crippen LogP contribution in [-0.4, -0.2) is 44.2 Å². The van der Waals surface area contributed by atoms with Gasteiger partial charge in [0, 0.05) is 31.9 Å². The highest BCUT2D eigenvalue weighted by Gasteiger charge is 2.42. The van der Waals surface area contributed by atoms with Crippen LogP contribution in [0.4, 0.5) is 0 Å². The third-order valence-corrected chi connectivity index (χ3v) is 6.46. The van der Waals surface area contributed by atoms with Gasteiger partial charge in [-0.25, -0.2) is 0 Å². The fourth-order valence-corrected chi connectivity index (χ4v) is 4.74. The molecule has 0 N–H and O–H groups in total. The lowest BCUT2D eigenvalue weighted by atomic mass is 9.73. The van der Waals surface area contributed by atoms with E-state index < -0.39 is 0 Å². The van der Waals surface area contributed by atoms with Crippen LogP contribution < -0.4 is 4.74 Å². The Labute approximate surface area is 173 Å². The van der Waals surface area contributed by atoms with E-state index in [9.17, 15) is 4.79 Å². The van der Waals surface area contributed by atoms with E-state index in [1.807, 2.05) is 18.2 Å². The Morgan fingerprint density at radius 2 is 1.69 bits per heavy atom. The highest BCUT2D eigenvalue weighted by atomic mass is 16.5. The summed E-state index contributed by atoms with van der Waals surface area (Å²) in [6.45, 7) is 3.18. The molecule has 154 valence electrons. The number of carbonyl (C=O) groups is 1. The Morgan fingerprint density at radius 3 is 2.38 bits per heavy atom. The van der Waals surface area contributed by atoms with Gasteiger partial charge < -0.3 is 14.4 Å². The summed E-state index contributed by atoms with van der Waals surface area (Å²) in [7, 11) is 1.70. The molecule has 0 bridgehead atoms. The van der Waals surface area contributed by atoms with Crippen molar-refractivity contribution in [3.05, 3.63) is 54.1 Å². The molecular formula is C25H31NO3. The minimum absolute atomic E-state index is 0.318. The van der Waals surface area contributed by atoms with Crippen LogP contribution in [-0.2, 0) is 16.0 Å². The van der Waals surface area contributed by atoms with E-state index >= 15 is 0 Å². The second-order valence-corrected chi connectivity index (χ2v) is 8.32. The molecule has 0 atom stereocenters. The number of benzene rings is 2. The third-order valence-electron chi connectivity index (χ3n) is 6.46. The molecule has 2 saturated heterocycles. The maximum atomic E-state index is 13.5. The van der Waals surface area contributed by atoms with Gasteiger partial charge in [0.2, 0.25) is 5.91 Å². The Bertz CT molecular complexity index is 818. The molecule has 0 aliphatic carbocycles. The average molecular weight is 394 g/mol. The number of hydrogen-bond donors (Lipinski definition) is 0. The standard InChI is InChI=1S/C25H31NO3/c1-28-23-8-4-3-7-22(23)21-11-9-20(10-12-21)19-25(13-17-29-18-14-25)24(27)26-15-5-2-6-16-26/h3-4,7-12H,2,5-6,13-19H2,1H3. The van der Waals surface area contributed by atoms with Crippen molar-refractivity contribution in [1.29, 1.82) is 0 Å². The molecular weight excluding hydrogens is 362 g/mol. The van der Waals surface area contributed by atoms with Crippen molar-refractivity contribution in [3.63, 3.8) is 0 Å². The molecule has 2 aromatic rings. The maximum absolute atomic E-state index is 13.5. The van der Waals surface area contributed by atoms with Gasteiger partial charge in [-0.3, -0.25) is 4.79 Å². The lowest BCUT2D eigenvalue weighted by Gasteiger charge is -2.41. The highest BCUT2D eigenvalue weighted by Crippen LogP contribution is 2.38. The zero-order valence-electron chi connectivity index (χ0n) is 17.4. The van der Waals surface area contributed by atoms with E-state index in [2.05, 4.69) is 35.2 Å². The molecule has 2 aliphatic heterocycles. The number of rotatable bonds is 5. The molecule has 0 aromatic heterocycles. The van der Waals surface area contributed by atoms with E-state index in [1.165, 1.54) is 12.0 Å². The summed E-state index contributed by atoms with van der Waals surface area (Å²) in [5.41, 5.74) is 3.12. The summed E-state index contributed by atoms with van der Waals surface area (Å²) < 4.78 is 11.1. The van der Waals surface area contributed by atoms with Gasteiger partial charge in [0.05, 0.1) is 12.5 Å². The highest BCUT2D eigenvalue weighted by molar-refractivity contribution is 5.83. The number of amides is 1. The minimum atomic E-state index is -0.318. The largest absolute Gasteiger partial charge is 0.496 e. The summed E-state index contributed by atoms with van der Waals surface area (Å²) >= 11 is 0. The SMILES string of the molecule is COc1ccccc1-c1ccc(CC2(C(=O)N3CCCCC3)CCOCC2)cc1. The van der Waals surface area contributed by atoms with Gasteiger partial charge in [0.25, 0.3) is 0 Å². The van der Waals surface area contributed by atoms with Crippen molar-refractivity contribution in [1.82, 2.24) is 4.90 Å². The number of piperidine rings is 1. The summed E-state index contributed by atoms with van der Waals surface area (Å²) in [6.07, 6.45) is 5.92. The Balaban J connectivity index is 1.55. The zero-order chi connectivity index (χ0) is 20.1. The van der Waals surface area contributed by atoms with Crippen molar-refractivity contribution in [2.45, 2.75) is 38.5 Å². The van der Waals surface area contributed by atoms with Crippen molar-refractivity contribution < 1.29 is 14.3 Å². The number of likely N-dealkylation sites (tertiary alicyclic amines) is 1. The van der Waals surface area contributed by atoms with Crippen LogP contribution in [0, 0.1) is 5.41 Å². The van der Waals surface area contributed by atoms with Gasteiger partial charge in [-0.05, 0) is 55.7 Å². The van der Waals surface area contributed by atoms with Crippen molar-refractivity contribution >= 4 is 5.91 Å². The summed E-state index contributed by atoms with van der Waals surface area (Å²) in [5.74, 6) is 1.22. The van der Waals surface area contributed by atoms with Crippen LogP contribution in [0.5, 0.6) is 5.75 Å². The molecule has 4 rings (SSSR count). The molecule has 2 aliphatic rings. The first-order valence-electron chi connectivity index (χ1n) is 10.8. The number of para-hydroxylation sites is 1. The average Bonchev–Trinajstić information content (AvgIpc) is 2.80. The van der Waals surface area contributed by atoms with Crippen LogP contribution in [0.25, 0.3) is 11.1 Å². The first-order valence-corrected chi connectivity index (χ1v) is 10.8. The van der Waals surface area contributed by atoms with Crippen molar-refractivity contribution in [2.75, 3.05) is 33.4 Å². The quantitative estimate of drug-likeness (QED) is 0.738. The van der Waals surface area contributed by atoms with E-state index in [0.717, 1.165) is 62.1 Å². The molecule has 4 nitrogen and oxygen atoms in total. The molecule has 1 amide bonds. The summed E-state index contributed by atoms with van der Waals surface area (Å²) in [6, 6.07) is 16.7. The maximum Gasteiger partial charge on any atom is 0.229 e. The van der Waals surface area contributed by atoms with Gasteiger partial charge in [-0.1, -0.05) is 42.5 Å². The molecule has 29 heavy (non-hydrogen) atoms. The Hall–Kier alpha value is -2.33. The number of carbonyl (C=O) groups excluding carboxylic acids is 1. The lowest BCUT2D eigenvalue weighted by molar-refractivity contribution is -0.149. The molecule has 2 heterocycles. The predicted molar refractivity (Wildman–Crippen MR) is 115 cm³/mol. The molecule has 0 unspecified atom stereocenters. The molecule has 4 heteroatoms. The van der Waals surface area contributed by atoms with Crippen LogP contribution in [0.1, 0.15) is 37.7 Å². The first-order chi connectivity index (χ1) is 14.2. The summed E-state index contributed by atoms with van der Waals surface area (Å²) in [5, 5.41) is 0. The van der Waals surface area contributed by atoms with Crippen LogP contribution in [0.15, 0.2) is 48.5 Å².